The van der Waals surface area contributed by atoms with Gasteiger partial charge in [-0.2, -0.15) is 0 Å². The Bertz CT molecular complexity index is 990. The maximum absolute atomic E-state index is 13.9. The zero-order valence-electron chi connectivity index (χ0n) is 14.4. The van der Waals surface area contributed by atoms with E-state index in [9.17, 15) is 13.2 Å². The van der Waals surface area contributed by atoms with E-state index in [1.165, 1.54) is 0 Å². The summed E-state index contributed by atoms with van der Waals surface area (Å²) in [7, 11) is 0. The summed E-state index contributed by atoms with van der Waals surface area (Å²) in [6.45, 7) is 1.02. The van der Waals surface area contributed by atoms with Gasteiger partial charge in [0.1, 0.15) is 6.17 Å². The van der Waals surface area contributed by atoms with Crippen molar-refractivity contribution in [1.82, 2.24) is 9.55 Å². The molecule has 0 aliphatic carbocycles. The zero-order chi connectivity index (χ0) is 19.1. The van der Waals surface area contributed by atoms with Crippen molar-refractivity contribution < 1.29 is 13.2 Å². The van der Waals surface area contributed by atoms with E-state index < -0.39 is 23.8 Å². The molecule has 1 aliphatic heterocycles. The normalized spacial score (nSPS) is 20.4. The van der Waals surface area contributed by atoms with Crippen LogP contribution in [0.25, 0.3) is 11.0 Å². The fraction of sp³-hybridized carbons (Fsp3) is 0.316. The minimum Gasteiger partial charge on any atom is -0.340 e. The van der Waals surface area contributed by atoms with Crippen molar-refractivity contribution in [2.75, 3.05) is 18.0 Å². The van der Waals surface area contributed by atoms with E-state index in [1.807, 2.05) is 23.1 Å². The number of anilines is 1. The van der Waals surface area contributed by atoms with E-state index in [-0.39, 0.29) is 13.0 Å². The Labute approximate surface area is 159 Å². The molecule has 2 atom stereocenters. The van der Waals surface area contributed by atoms with Crippen LogP contribution < -0.4 is 10.6 Å². The van der Waals surface area contributed by atoms with Crippen LogP contribution >= 0.6 is 11.6 Å². The number of fused-ring (bicyclic) bond motifs is 1. The van der Waals surface area contributed by atoms with Crippen LogP contribution in [0.15, 0.2) is 36.4 Å². The molecule has 1 aliphatic rings. The van der Waals surface area contributed by atoms with Gasteiger partial charge in [-0.15, -0.1) is 0 Å². The van der Waals surface area contributed by atoms with Gasteiger partial charge in [-0.25, -0.2) is 18.2 Å². The Morgan fingerprint density at radius 1 is 1.19 bits per heavy atom. The van der Waals surface area contributed by atoms with E-state index in [0.29, 0.717) is 35.1 Å². The Morgan fingerprint density at radius 2 is 1.93 bits per heavy atom. The number of piperidine rings is 1. The van der Waals surface area contributed by atoms with Gasteiger partial charge >= 0.3 is 0 Å². The largest absolute Gasteiger partial charge is 0.340 e. The smallest absolute Gasteiger partial charge is 0.206 e. The molecule has 2 aromatic carbocycles. The van der Waals surface area contributed by atoms with Gasteiger partial charge in [-0.05, 0) is 18.1 Å². The number of halogens is 4. The lowest BCUT2D eigenvalue weighted by Gasteiger charge is -2.34. The summed E-state index contributed by atoms with van der Waals surface area (Å²) >= 11 is 6.28. The van der Waals surface area contributed by atoms with Crippen LogP contribution in [0.2, 0.25) is 5.02 Å². The minimum atomic E-state index is -1.07. The number of rotatable bonds is 3. The lowest BCUT2D eigenvalue weighted by molar-refractivity contribution is 0.243. The molecule has 4 rings (SSSR count). The molecular formula is C19H18ClF3N4. The standard InChI is InChI=1S/C19H18ClF3N4/c20-12-4-2-1-3-11(12)9-27-18-8-15(23)14(22)7-17(18)25-19(27)26-6-5-13(21)16(24)10-26/h1-4,7-8,13,16H,5-6,9-10,24H2/t13-,16-/m1/s1. The summed E-state index contributed by atoms with van der Waals surface area (Å²) in [4.78, 5) is 6.34. The summed E-state index contributed by atoms with van der Waals surface area (Å²) in [5, 5.41) is 0.562. The lowest BCUT2D eigenvalue weighted by Crippen LogP contribution is -2.50. The Kier molecular flexibility index (Phi) is 4.74. The van der Waals surface area contributed by atoms with Gasteiger partial charge in [0.05, 0.1) is 23.6 Å². The first-order valence-corrected chi connectivity index (χ1v) is 9.05. The number of nitrogens with two attached hydrogens (primary N) is 1. The van der Waals surface area contributed by atoms with E-state index in [0.717, 1.165) is 17.7 Å². The molecule has 0 spiro atoms. The average Bonchev–Trinajstić information content (AvgIpc) is 2.97. The number of alkyl halides is 1. The van der Waals surface area contributed by atoms with Gasteiger partial charge in [0.2, 0.25) is 5.95 Å². The molecule has 0 amide bonds. The molecule has 4 nitrogen and oxygen atoms in total. The molecule has 1 fully saturated rings. The number of imidazole rings is 1. The average molecular weight is 395 g/mol. The molecule has 1 saturated heterocycles. The number of aromatic nitrogens is 2. The maximum Gasteiger partial charge on any atom is 0.206 e. The van der Waals surface area contributed by atoms with E-state index in [2.05, 4.69) is 4.98 Å². The molecule has 0 saturated carbocycles. The van der Waals surface area contributed by atoms with Crippen molar-refractivity contribution in [1.29, 1.82) is 0 Å². The van der Waals surface area contributed by atoms with Crippen molar-refractivity contribution in [2.45, 2.75) is 25.2 Å². The fourth-order valence-corrected chi connectivity index (χ4v) is 3.63. The summed E-state index contributed by atoms with van der Waals surface area (Å²) in [5.74, 6) is -1.42. The van der Waals surface area contributed by atoms with Crippen molar-refractivity contribution in [3.63, 3.8) is 0 Å². The van der Waals surface area contributed by atoms with Crippen LogP contribution in [0.5, 0.6) is 0 Å². The number of benzene rings is 2. The lowest BCUT2D eigenvalue weighted by atomic mass is 10.1. The topological polar surface area (TPSA) is 47.1 Å². The predicted octanol–water partition coefficient (Wildman–Crippen LogP) is 3.89. The predicted molar refractivity (Wildman–Crippen MR) is 99.9 cm³/mol. The molecule has 8 heteroatoms. The molecule has 0 radical (unpaired) electrons. The van der Waals surface area contributed by atoms with Crippen LogP contribution in [-0.4, -0.2) is 34.9 Å². The Morgan fingerprint density at radius 3 is 2.67 bits per heavy atom. The molecule has 2 heterocycles. The van der Waals surface area contributed by atoms with Crippen LogP contribution in [0.4, 0.5) is 19.1 Å². The van der Waals surface area contributed by atoms with Crippen LogP contribution in [0.1, 0.15) is 12.0 Å². The quantitative estimate of drug-likeness (QED) is 0.733. The van der Waals surface area contributed by atoms with Crippen molar-refractivity contribution in [3.8, 4) is 0 Å². The van der Waals surface area contributed by atoms with E-state index in [1.54, 1.807) is 10.6 Å². The monoisotopic (exact) mass is 394 g/mol. The maximum atomic E-state index is 13.9. The summed E-state index contributed by atoms with van der Waals surface area (Å²) < 4.78 is 43.1. The second-order valence-electron chi connectivity index (χ2n) is 6.76. The number of hydrogen-bond donors (Lipinski definition) is 1. The Hall–Kier alpha value is -2.25. The van der Waals surface area contributed by atoms with Gasteiger partial charge in [0, 0.05) is 30.2 Å². The van der Waals surface area contributed by atoms with Gasteiger partial charge in [-0.1, -0.05) is 29.8 Å². The van der Waals surface area contributed by atoms with Crippen LogP contribution in [-0.2, 0) is 6.54 Å². The SMILES string of the molecule is N[C@@H]1CN(c2nc3cc(F)c(F)cc3n2Cc2ccccc2Cl)CC[C@H]1F. The highest BCUT2D eigenvalue weighted by Crippen LogP contribution is 2.29. The molecule has 1 aromatic heterocycles. The minimum absolute atomic E-state index is 0.276. The van der Waals surface area contributed by atoms with Crippen LogP contribution in [0.3, 0.4) is 0 Å². The van der Waals surface area contributed by atoms with Gasteiger partial charge in [-0.3, -0.25) is 0 Å². The number of nitrogens with zero attached hydrogens (tertiary/aromatic N) is 3. The summed E-state index contributed by atoms with van der Waals surface area (Å²) in [6, 6.07) is 8.85. The summed E-state index contributed by atoms with van der Waals surface area (Å²) in [6.07, 6.45) is -0.795. The molecule has 27 heavy (non-hydrogen) atoms. The fourth-order valence-electron chi connectivity index (χ4n) is 3.44. The third kappa shape index (κ3) is 3.37. The van der Waals surface area contributed by atoms with E-state index in [4.69, 9.17) is 17.3 Å². The molecule has 0 unspecified atom stereocenters. The van der Waals surface area contributed by atoms with Crippen molar-refractivity contribution in [2.24, 2.45) is 5.73 Å². The first-order valence-electron chi connectivity index (χ1n) is 8.67. The first kappa shape index (κ1) is 18.1. The van der Waals surface area contributed by atoms with E-state index >= 15 is 0 Å². The van der Waals surface area contributed by atoms with Crippen molar-refractivity contribution >= 4 is 28.6 Å². The molecule has 2 N–H and O–H groups in total. The zero-order valence-corrected chi connectivity index (χ0v) is 15.1. The van der Waals surface area contributed by atoms with Gasteiger partial charge in [0.15, 0.2) is 11.6 Å². The highest BCUT2D eigenvalue weighted by Gasteiger charge is 2.29. The first-order chi connectivity index (χ1) is 12.9. The third-order valence-electron chi connectivity index (χ3n) is 4.91. The molecule has 142 valence electrons. The van der Waals surface area contributed by atoms with Crippen LogP contribution in [0, 0.1) is 11.6 Å². The second kappa shape index (κ2) is 7.05. The second-order valence-corrected chi connectivity index (χ2v) is 7.17. The van der Waals surface area contributed by atoms with Gasteiger partial charge < -0.3 is 15.2 Å². The molecule has 0 bridgehead atoms. The summed E-state index contributed by atoms with van der Waals surface area (Å²) in [5.41, 5.74) is 7.46. The molecular weight excluding hydrogens is 377 g/mol. The van der Waals surface area contributed by atoms with Gasteiger partial charge in [0.25, 0.3) is 0 Å². The number of hydrogen-bond acceptors (Lipinski definition) is 3. The molecule has 3 aromatic rings. The van der Waals surface area contributed by atoms with Crippen molar-refractivity contribution in [3.05, 3.63) is 58.6 Å². The highest BCUT2D eigenvalue weighted by atomic mass is 35.5. The Balaban J connectivity index is 1.83. The highest BCUT2D eigenvalue weighted by molar-refractivity contribution is 6.31. The third-order valence-corrected chi connectivity index (χ3v) is 5.28.